The Morgan fingerprint density at radius 3 is 2.44 bits per heavy atom. The smallest absolute Gasteiger partial charge is 0.136 e. The van der Waals surface area contributed by atoms with E-state index in [2.05, 4.69) is 6.58 Å². The molecule has 0 saturated heterocycles. The Kier molecular flexibility index (Phi) is 4.29. The molecule has 1 aromatic carbocycles. The second-order valence-electron chi connectivity index (χ2n) is 4.11. The van der Waals surface area contributed by atoms with Crippen molar-refractivity contribution in [3.63, 3.8) is 0 Å². The largest absolute Gasteiger partial charge is 0.507 e. The highest BCUT2D eigenvalue weighted by atomic mass is 16.3. The lowest BCUT2D eigenvalue weighted by Crippen LogP contribution is -1.99. The second kappa shape index (κ2) is 5.50. The highest BCUT2D eigenvalue weighted by molar-refractivity contribution is 5.79. The molecule has 0 heterocycles. The summed E-state index contributed by atoms with van der Waals surface area (Å²) in [6.45, 7) is 7.29. The first-order chi connectivity index (χ1) is 7.54. The monoisotopic (exact) mass is 218 g/mol. The molecular weight excluding hydrogens is 200 g/mol. The topological polar surface area (TPSA) is 37.3 Å². The number of ketones is 1. The average Bonchev–Trinajstić information content (AvgIpc) is 2.23. The maximum atomic E-state index is 11.3. The van der Waals surface area contributed by atoms with Gasteiger partial charge in [-0.2, -0.15) is 0 Å². The highest BCUT2D eigenvalue weighted by Crippen LogP contribution is 2.23. The first kappa shape index (κ1) is 12.5. The van der Waals surface area contributed by atoms with Crippen LogP contribution in [0.25, 0.3) is 0 Å². The number of hydrogen-bond acceptors (Lipinski definition) is 2. The van der Waals surface area contributed by atoms with E-state index < -0.39 is 0 Å². The third-order valence-corrected chi connectivity index (χ3v) is 2.62. The number of benzene rings is 1. The van der Waals surface area contributed by atoms with Crippen molar-refractivity contribution in [3.05, 3.63) is 41.5 Å². The molecule has 0 aliphatic heterocycles. The van der Waals surface area contributed by atoms with Crippen molar-refractivity contribution in [3.8, 4) is 5.75 Å². The molecule has 1 aromatic rings. The summed E-state index contributed by atoms with van der Waals surface area (Å²) in [6, 6.07) is 3.87. The SMILES string of the molecule is C=CCC(=O)CCc1cc(C)c(O)c(C)c1. The molecule has 0 saturated carbocycles. The number of phenols is 1. The van der Waals surface area contributed by atoms with Gasteiger partial charge in [0.25, 0.3) is 0 Å². The van der Waals surface area contributed by atoms with Gasteiger partial charge in [0.15, 0.2) is 0 Å². The lowest BCUT2D eigenvalue weighted by Gasteiger charge is -2.07. The molecule has 86 valence electrons. The van der Waals surface area contributed by atoms with Crippen LogP contribution in [-0.4, -0.2) is 10.9 Å². The van der Waals surface area contributed by atoms with Crippen LogP contribution in [0.4, 0.5) is 0 Å². The molecule has 0 radical (unpaired) electrons. The van der Waals surface area contributed by atoms with Gasteiger partial charge in [-0.1, -0.05) is 18.2 Å². The Balaban J connectivity index is 2.68. The molecule has 2 heteroatoms. The molecule has 0 atom stereocenters. The van der Waals surface area contributed by atoms with Gasteiger partial charge in [0.2, 0.25) is 0 Å². The molecule has 2 nitrogen and oxygen atoms in total. The predicted molar refractivity (Wildman–Crippen MR) is 65.7 cm³/mol. The fourth-order valence-corrected chi connectivity index (χ4v) is 1.74. The molecule has 1 rings (SSSR count). The second-order valence-corrected chi connectivity index (χ2v) is 4.11. The average molecular weight is 218 g/mol. The Bertz CT molecular complexity index is 382. The van der Waals surface area contributed by atoms with Crippen LogP contribution in [0.2, 0.25) is 0 Å². The quantitative estimate of drug-likeness (QED) is 0.771. The summed E-state index contributed by atoms with van der Waals surface area (Å²) in [6.07, 6.45) is 3.34. The van der Waals surface area contributed by atoms with E-state index in [-0.39, 0.29) is 5.78 Å². The Hall–Kier alpha value is -1.57. The molecular formula is C14H18O2. The van der Waals surface area contributed by atoms with Crippen LogP contribution < -0.4 is 0 Å². The van der Waals surface area contributed by atoms with Crippen LogP contribution in [0.15, 0.2) is 24.8 Å². The summed E-state index contributed by atoms with van der Waals surface area (Å²) in [4.78, 5) is 11.3. The van der Waals surface area contributed by atoms with Crippen LogP contribution in [0.1, 0.15) is 29.5 Å². The van der Waals surface area contributed by atoms with E-state index in [1.165, 1.54) is 0 Å². The Labute approximate surface area is 96.6 Å². The summed E-state index contributed by atoms with van der Waals surface area (Å²) in [5.41, 5.74) is 2.84. The number of aryl methyl sites for hydroxylation is 3. The van der Waals surface area contributed by atoms with E-state index in [0.717, 1.165) is 23.1 Å². The van der Waals surface area contributed by atoms with Crippen molar-refractivity contribution < 1.29 is 9.90 Å². The number of allylic oxidation sites excluding steroid dienone is 1. The Morgan fingerprint density at radius 2 is 1.94 bits per heavy atom. The van der Waals surface area contributed by atoms with Gasteiger partial charge in [0.1, 0.15) is 11.5 Å². The molecule has 0 unspecified atom stereocenters. The van der Waals surface area contributed by atoms with Gasteiger partial charge in [-0.3, -0.25) is 4.79 Å². The van der Waals surface area contributed by atoms with E-state index in [1.54, 1.807) is 6.08 Å². The zero-order chi connectivity index (χ0) is 12.1. The number of aromatic hydroxyl groups is 1. The summed E-state index contributed by atoms with van der Waals surface area (Å²) >= 11 is 0. The van der Waals surface area contributed by atoms with Gasteiger partial charge in [-0.15, -0.1) is 6.58 Å². The van der Waals surface area contributed by atoms with E-state index in [1.807, 2.05) is 26.0 Å². The van der Waals surface area contributed by atoms with Crippen molar-refractivity contribution in [1.29, 1.82) is 0 Å². The number of carbonyl (C=O) groups is 1. The van der Waals surface area contributed by atoms with Crippen molar-refractivity contribution in [2.45, 2.75) is 33.1 Å². The van der Waals surface area contributed by atoms with Crippen molar-refractivity contribution in [2.75, 3.05) is 0 Å². The normalized spacial score (nSPS) is 10.1. The molecule has 0 fully saturated rings. The minimum absolute atomic E-state index is 0.207. The van der Waals surface area contributed by atoms with Crippen LogP contribution in [-0.2, 0) is 11.2 Å². The van der Waals surface area contributed by atoms with E-state index >= 15 is 0 Å². The summed E-state index contributed by atoms with van der Waals surface area (Å²) in [7, 11) is 0. The third kappa shape index (κ3) is 3.23. The lowest BCUT2D eigenvalue weighted by atomic mass is 10.0. The fraction of sp³-hybridized carbons (Fsp3) is 0.357. The molecule has 1 N–H and O–H groups in total. The van der Waals surface area contributed by atoms with Crippen molar-refractivity contribution in [1.82, 2.24) is 0 Å². The summed E-state index contributed by atoms with van der Waals surface area (Å²) in [5.74, 6) is 0.555. The number of hydrogen-bond donors (Lipinski definition) is 1. The van der Waals surface area contributed by atoms with Gasteiger partial charge in [0, 0.05) is 12.8 Å². The number of phenolic OH excluding ortho intramolecular Hbond substituents is 1. The van der Waals surface area contributed by atoms with Gasteiger partial charge >= 0.3 is 0 Å². The van der Waals surface area contributed by atoms with Crippen LogP contribution in [0.5, 0.6) is 5.75 Å². The number of carbonyl (C=O) groups excluding carboxylic acids is 1. The fourth-order valence-electron chi connectivity index (χ4n) is 1.74. The highest BCUT2D eigenvalue weighted by Gasteiger charge is 2.05. The molecule has 0 bridgehead atoms. The predicted octanol–water partition coefficient (Wildman–Crippen LogP) is 3.09. The maximum Gasteiger partial charge on any atom is 0.136 e. The van der Waals surface area contributed by atoms with Crippen molar-refractivity contribution in [2.24, 2.45) is 0 Å². The van der Waals surface area contributed by atoms with Gasteiger partial charge in [-0.25, -0.2) is 0 Å². The molecule has 16 heavy (non-hydrogen) atoms. The van der Waals surface area contributed by atoms with Crippen LogP contribution >= 0.6 is 0 Å². The summed E-state index contributed by atoms with van der Waals surface area (Å²) in [5, 5.41) is 9.61. The number of Topliss-reactive ketones (excluding diaryl/α,β-unsaturated/α-hetero) is 1. The zero-order valence-corrected chi connectivity index (χ0v) is 9.92. The van der Waals surface area contributed by atoms with Crippen LogP contribution in [0.3, 0.4) is 0 Å². The lowest BCUT2D eigenvalue weighted by molar-refractivity contribution is -0.118. The standard InChI is InChI=1S/C14H18O2/c1-4-5-13(15)7-6-12-8-10(2)14(16)11(3)9-12/h4,8-9,16H,1,5-7H2,2-3H3. The van der Waals surface area contributed by atoms with Gasteiger partial charge < -0.3 is 5.11 Å². The van der Waals surface area contributed by atoms with Gasteiger partial charge in [-0.05, 0) is 37.0 Å². The molecule has 0 amide bonds. The van der Waals surface area contributed by atoms with E-state index in [4.69, 9.17) is 0 Å². The van der Waals surface area contributed by atoms with Crippen molar-refractivity contribution >= 4 is 5.78 Å². The molecule has 0 aliphatic rings. The third-order valence-electron chi connectivity index (χ3n) is 2.62. The minimum Gasteiger partial charge on any atom is -0.507 e. The number of rotatable bonds is 5. The summed E-state index contributed by atoms with van der Waals surface area (Å²) < 4.78 is 0. The van der Waals surface area contributed by atoms with Crippen LogP contribution in [0, 0.1) is 13.8 Å². The molecule has 0 aliphatic carbocycles. The Morgan fingerprint density at radius 1 is 1.38 bits per heavy atom. The first-order valence-electron chi connectivity index (χ1n) is 5.46. The van der Waals surface area contributed by atoms with E-state index in [0.29, 0.717) is 18.6 Å². The van der Waals surface area contributed by atoms with E-state index in [9.17, 15) is 9.90 Å². The molecule has 0 spiro atoms. The van der Waals surface area contributed by atoms with Gasteiger partial charge in [0.05, 0.1) is 0 Å². The first-order valence-corrected chi connectivity index (χ1v) is 5.46. The zero-order valence-electron chi connectivity index (χ0n) is 9.92. The maximum absolute atomic E-state index is 11.3. The molecule has 0 aromatic heterocycles. The minimum atomic E-state index is 0.207.